The van der Waals surface area contributed by atoms with Crippen LogP contribution in [0, 0.1) is 0 Å². The van der Waals surface area contributed by atoms with E-state index in [0.29, 0.717) is 23.0 Å². The number of nitrogens with one attached hydrogen (secondary N) is 1. The van der Waals surface area contributed by atoms with Crippen molar-refractivity contribution in [1.82, 2.24) is 10.2 Å². The van der Waals surface area contributed by atoms with Crippen LogP contribution >= 0.6 is 23.2 Å². The van der Waals surface area contributed by atoms with Gasteiger partial charge in [-0.1, -0.05) is 89.9 Å². The molecule has 0 aliphatic carbocycles. The second-order valence-corrected chi connectivity index (χ2v) is 9.12. The third-order valence-electron chi connectivity index (χ3n) is 5.24. The van der Waals surface area contributed by atoms with Gasteiger partial charge in [-0.15, -0.1) is 0 Å². The lowest BCUT2D eigenvalue weighted by molar-refractivity contribution is -0.141. The predicted molar refractivity (Wildman–Crippen MR) is 134 cm³/mol. The van der Waals surface area contributed by atoms with Gasteiger partial charge in [0.1, 0.15) is 6.04 Å². The average molecular weight is 483 g/mol. The fourth-order valence-electron chi connectivity index (χ4n) is 3.64. The number of hydrogen-bond donors (Lipinski definition) is 1. The van der Waals surface area contributed by atoms with Crippen LogP contribution in [0.3, 0.4) is 0 Å². The van der Waals surface area contributed by atoms with Crippen LogP contribution in [-0.4, -0.2) is 28.8 Å². The van der Waals surface area contributed by atoms with Gasteiger partial charge in [-0.2, -0.15) is 0 Å². The Hall–Kier alpha value is -2.82. The molecule has 6 heteroatoms. The Morgan fingerprint density at radius 1 is 0.818 bits per heavy atom. The van der Waals surface area contributed by atoms with Crippen LogP contribution in [0.5, 0.6) is 0 Å². The smallest absolute Gasteiger partial charge is 0.243 e. The summed E-state index contributed by atoms with van der Waals surface area (Å²) >= 11 is 12.2. The Balaban J connectivity index is 1.95. The third-order valence-corrected chi connectivity index (χ3v) is 5.98. The first-order chi connectivity index (χ1) is 15.8. The quantitative estimate of drug-likeness (QED) is 0.425. The summed E-state index contributed by atoms with van der Waals surface area (Å²) in [5.41, 5.74) is 2.69. The molecule has 4 nitrogen and oxygen atoms in total. The highest BCUT2D eigenvalue weighted by molar-refractivity contribution is 6.42. The van der Waals surface area contributed by atoms with Crippen molar-refractivity contribution in [2.75, 3.05) is 0 Å². The van der Waals surface area contributed by atoms with Crippen molar-refractivity contribution >= 4 is 35.0 Å². The van der Waals surface area contributed by atoms with Gasteiger partial charge in [-0.3, -0.25) is 9.59 Å². The summed E-state index contributed by atoms with van der Waals surface area (Å²) in [7, 11) is 0. The summed E-state index contributed by atoms with van der Waals surface area (Å²) in [5, 5.41) is 3.83. The molecule has 2 amide bonds. The second-order valence-electron chi connectivity index (χ2n) is 8.30. The van der Waals surface area contributed by atoms with E-state index in [9.17, 15) is 9.59 Å². The summed E-state index contributed by atoms with van der Waals surface area (Å²) in [6.45, 7) is 4.15. The van der Waals surface area contributed by atoms with Crippen LogP contribution in [0.1, 0.15) is 30.5 Å². The molecule has 0 bridgehead atoms. The van der Waals surface area contributed by atoms with E-state index in [0.717, 1.165) is 16.7 Å². The topological polar surface area (TPSA) is 49.4 Å². The number of halogens is 2. The van der Waals surface area contributed by atoms with Gasteiger partial charge in [0, 0.05) is 19.0 Å². The average Bonchev–Trinajstić information content (AvgIpc) is 2.79. The SMILES string of the molecule is CC(C)NC(=O)[C@H](Cc1ccccc1)N(Cc1ccccc1)C(=O)Cc1ccc(Cl)c(Cl)c1. The minimum atomic E-state index is -0.662. The van der Waals surface area contributed by atoms with Crippen LogP contribution in [-0.2, 0) is 29.0 Å². The predicted octanol–water partition coefficient (Wildman–Crippen LogP) is 5.70. The molecular weight excluding hydrogens is 455 g/mol. The number of carbonyl (C=O) groups excluding carboxylic acids is 2. The van der Waals surface area contributed by atoms with E-state index in [1.54, 1.807) is 23.1 Å². The number of nitrogens with zero attached hydrogens (tertiary/aromatic N) is 1. The maximum atomic E-state index is 13.6. The lowest BCUT2D eigenvalue weighted by atomic mass is 10.0. The first kappa shape index (κ1) is 24.8. The van der Waals surface area contributed by atoms with Crippen molar-refractivity contribution in [3.63, 3.8) is 0 Å². The molecule has 3 aromatic carbocycles. The minimum absolute atomic E-state index is 0.0421. The summed E-state index contributed by atoms with van der Waals surface area (Å²) in [6, 6.07) is 23.9. The van der Waals surface area contributed by atoms with Crippen LogP contribution < -0.4 is 5.32 Å². The monoisotopic (exact) mass is 482 g/mol. The van der Waals surface area contributed by atoms with Gasteiger partial charge in [-0.05, 0) is 42.7 Å². The van der Waals surface area contributed by atoms with Gasteiger partial charge in [0.15, 0.2) is 0 Å². The van der Waals surface area contributed by atoms with E-state index >= 15 is 0 Å². The molecule has 0 aliphatic heterocycles. The lowest BCUT2D eigenvalue weighted by Crippen LogP contribution is -2.52. The highest BCUT2D eigenvalue weighted by Gasteiger charge is 2.30. The number of amides is 2. The molecule has 0 spiro atoms. The van der Waals surface area contributed by atoms with Crippen LogP contribution in [0.15, 0.2) is 78.9 Å². The fraction of sp³-hybridized carbons (Fsp3) is 0.259. The van der Waals surface area contributed by atoms with Crippen molar-refractivity contribution in [2.24, 2.45) is 0 Å². The number of hydrogen-bond acceptors (Lipinski definition) is 2. The van der Waals surface area contributed by atoms with E-state index in [-0.39, 0.29) is 24.3 Å². The lowest BCUT2D eigenvalue weighted by Gasteiger charge is -2.32. The van der Waals surface area contributed by atoms with Crippen molar-refractivity contribution in [1.29, 1.82) is 0 Å². The van der Waals surface area contributed by atoms with Crippen molar-refractivity contribution in [3.05, 3.63) is 106 Å². The Morgan fingerprint density at radius 2 is 1.42 bits per heavy atom. The largest absolute Gasteiger partial charge is 0.352 e. The molecule has 1 atom stereocenters. The number of rotatable bonds is 9. The summed E-state index contributed by atoms with van der Waals surface area (Å²) in [5.74, 6) is -0.329. The first-order valence-corrected chi connectivity index (χ1v) is 11.7. The molecular formula is C27H28Cl2N2O2. The maximum Gasteiger partial charge on any atom is 0.243 e. The normalized spacial score (nSPS) is 11.8. The molecule has 3 aromatic rings. The molecule has 172 valence electrons. The Kier molecular flexibility index (Phi) is 8.93. The van der Waals surface area contributed by atoms with Gasteiger partial charge in [0.25, 0.3) is 0 Å². The Morgan fingerprint density at radius 3 is 2.00 bits per heavy atom. The van der Waals surface area contributed by atoms with E-state index in [2.05, 4.69) is 5.32 Å². The molecule has 33 heavy (non-hydrogen) atoms. The minimum Gasteiger partial charge on any atom is -0.352 e. The first-order valence-electron chi connectivity index (χ1n) is 10.9. The molecule has 0 unspecified atom stereocenters. The van der Waals surface area contributed by atoms with Gasteiger partial charge in [-0.25, -0.2) is 0 Å². The summed E-state index contributed by atoms with van der Waals surface area (Å²) < 4.78 is 0. The van der Waals surface area contributed by atoms with Crippen molar-refractivity contribution in [3.8, 4) is 0 Å². The second kappa shape index (κ2) is 11.9. The molecule has 0 saturated carbocycles. The highest BCUT2D eigenvalue weighted by Crippen LogP contribution is 2.24. The van der Waals surface area contributed by atoms with E-state index < -0.39 is 6.04 Å². The Labute approximate surface area is 205 Å². The zero-order valence-electron chi connectivity index (χ0n) is 18.8. The van der Waals surface area contributed by atoms with Gasteiger partial charge >= 0.3 is 0 Å². The van der Waals surface area contributed by atoms with Crippen molar-refractivity contribution in [2.45, 2.75) is 45.3 Å². The molecule has 0 fully saturated rings. The van der Waals surface area contributed by atoms with Gasteiger partial charge in [0.05, 0.1) is 16.5 Å². The summed E-state index contributed by atoms with van der Waals surface area (Å²) in [4.78, 5) is 28.6. The van der Waals surface area contributed by atoms with E-state index in [1.165, 1.54) is 0 Å². The Bertz CT molecular complexity index is 1070. The van der Waals surface area contributed by atoms with Gasteiger partial charge < -0.3 is 10.2 Å². The molecule has 1 N–H and O–H groups in total. The standard InChI is InChI=1S/C27H28Cl2N2O2/c1-19(2)30-27(33)25(16-20-9-5-3-6-10-20)31(18-21-11-7-4-8-12-21)26(32)17-22-13-14-23(28)24(29)15-22/h3-15,19,25H,16-18H2,1-2H3,(H,30,33)/t25-/m0/s1. The van der Waals surface area contributed by atoms with E-state index in [1.807, 2.05) is 74.5 Å². The number of benzene rings is 3. The van der Waals surface area contributed by atoms with Crippen molar-refractivity contribution < 1.29 is 9.59 Å². The molecule has 0 heterocycles. The van der Waals surface area contributed by atoms with E-state index in [4.69, 9.17) is 23.2 Å². The van der Waals surface area contributed by atoms with Crippen LogP contribution in [0.25, 0.3) is 0 Å². The molecule has 0 saturated heterocycles. The van der Waals surface area contributed by atoms with Crippen LogP contribution in [0.2, 0.25) is 10.0 Å². The molecule has 0 radical (unpaired) electrons. The highest BCUT2D eigenvalue weighted by atomic mass is 35.5. The molecule has 3 rings (SSSR count). The van der Waals surface area contributed by atoms with Crippen LogP contribution in [0.4, 0.5) is 0 Å². The summed E-state index contributed by atoms with van der Waals surface area (Å²) in [6.07, 6.45) is 0.531. The zero-order valence-corrected chi connectivity index (χ0v) is 20.3. The molecule has 0 aliphatic rings. The number of carbonyl (C=O) groups is 2. The third kappa shape index (κ3) is 7.34. The zero-order chi connectivity index (χ0) is 23.8. The fourth-order valence-corrected chi connectivity index (χ4v) is 3.96. The molecule has 0 aromatic heterocycles. The van der Waals surface area contributed by atoms with Gasteiger partial charge in [0.2, 0.25) is 11.8 Å². The maximum absolute atomic E-state index is 13.6.